The number of carboxylic acid groups (broad SMARTS) is 1. The smallest absolute Gasteiger partial charge is 0.303 e. The number of allylic oxidation sites excluding steroid dienone is 4. The monoisotopic (exact) mass is 338 g/mol. The van der Waals surface area contributed by atoms with Gasteiger partial charge in [0.25, 0.3) is 0 Å². The summed E-state index contributed by atoms with van der Waals surface area (Å²) in [4.78, 5) is 10.4. The fourth-order valence-corrected chi connectivity index (χ4v) is 2.30. The number of hydrogen-bond acceptors (Lipinski definition) is 3. The molecule has 24 heavy (non-hydrogen) atoms. The van der Waals surface area contributed by atoms with Gasteiger partial charge in [0, 0.05) is 6.42 Å². The molecule has 4 nitrogen and oxygen atoms in total. The molecule has 3 N–H and O–H groups in total. The molecule has 0 aromatic carbocycles. The number of carboxylic acids is 1. The Bertz CT molecular complexity index is 385. The molecule has 0 saturated heterocycles. The highest BCUT2D eigenvalue weighted by atomic mass is 16.4. The maximum Gasteiger partial charge on any atom is 0.303 e. The fraction of sp³-hybridized carbons (Fsp3) is 0.650. The molecule has 0 aliphatic heterocycles. The summed E-state index contributed by atoms with van der Waals surface area (Å²) in [5.41, 5.74) is 0. The van der Waals surface area contributed by atoms with Crippen molar-refractivity contribution in [2.24, 2.45) is 0 Å². The van der Waals surface area contributed by atoms with E-state index in [1.165, 1.54) is 32.1 Å². The minimum Gasteiger partial charge on any atom is -0.481 e. The van der Waals surface area contributed by atoms with E-state index in [2.05, 4.69) is 6.92 Å². The van der Waals surface area contributed by atoms with E-state index in [-0.39, 0.29) is 6.42 Å². The van der Waals surface area contributed by atoms with E-state index in [0.717, 1.165) is 12.8 Å². The second-order valence-corrected chi connectivity index (χ2v) is 6.13. The maximum absolute atomic E-state index is 10.4. The first-order chi connectivity index (χ1) is 11.6. The molecule has 0 aliphatic rings. The second-order valence-electron chi connectivity index (χ2n) is 6.13. The molecule has 0 aliphatic carbocycles. The molecule has 0 amide bonds. The van der Waals surface area contributed by atoms with E-state index < -0.39 is 18.2 Å². The summed E-state index contributed by atoms with van der Waals surface area (Å²) in [7, 11) is 0. The van der Waals surface area contributed by atoms with Crippen molar-refractivity contribution < 1.29 is 20.1 Å². The lowest BCUT2D eigenvalue weighted by molar-refractivity contribution is -0.137. The van der Waals surface area contributed by atoms with Crippen molar-refractivity contribution in [2.75, 3.05) is 0 Å². The molecular weight excluding hydrogens is 304 g/mol. The molecule has 0 aromatic rings. The number of carbonyl (C=O) groups is 1. The van der Waals surface area contributed by atoms with Gasteiger partial charge in [-0.05, 0) is 19.3 Å². The van der Waals surface area contributed by atoms with Crippen molar-refractivity contribution in [3.63, 3.8) is 0 Å². The Morgan fingerprint density at radius 1 is 0.792 bits per heavy atom. The van der Waals surface area contributed by atoms with Crippen molar-refractivity contribution >= 4 is 5.97 Å². The Morgan fingerprint density at radius 3 is 1.83 bits per heavy atom. The predicted octanol–water partition coefficient (Wildman–Crippen LogP) is 4.38. The number of aliphatic hydroxyl groups is 2. The molecule has 0 spiro atoms. The van der Waals surface area contributed by atoms with Crippen molar-refractivity contribution in [1.82, 2.24) is 0 Å². The van der Waals surface area contributed by atoms with Gasteiger partial charge in [-0.3, -0.25) is 4.79 Å². The molecule has 138 valence electrons. The Labute approximate surface area is 146 Å². The van der Waals surface area contributed by atoms with Crippen molar-refractivity contribution in [3.05, 3.63) is 36.5 Å². The third-order valence-corrected chi connectivity index (χ3v) is 3.74. The van der Waals surface area contributed by atoms with Crippen LogP contribution >= 0.6 is 0 Å². The van der Waals surface area contributed by atoms with Crippen LogP contribution in [0.3, 0.4) is 0 Å². The average molecular weight is 338 g/mol. The summed E-state index contributed by atoms with van der Waals surface area (Å²) in [6.45, 7) is 2.21. The van der Waals surface area contributed by atoms with Gasteiger partial charge < -0.3 is 15.3 Å². The van der Waals surface area contributed by atoms with Gasteiger partial charge in [0.15, 0.2) is 0 Å². The third-order valence-electron chi connectivity index (χ3n) is 3.74. The Morgan fingerprint density at radius 2 is 1.29 bits per heavy atom. The van der Waals surface area contributed by atoms with Crippen molar-refractivity contribution in [3.8, 4) is 0 Å². The Balaban J connectivity index is 3.70. The first-order valence-corrected chi connectivity index (χ1v) is 9.15. The van der Waals surface area contributed by atoms with Crippen molar-refractivity contribution in [1.29, 1.82) is 0 Å². The third kappa shape index (κ3) is 17.0. The molecule has 0 fully saturated rings. The standard InChI is InChI=1S/C20H34O4/c1-2-3-4-5-6-9-13-18(21)14-10-7-8-11-15-19(22)16-12-17-20(23)24/h7-8,10-11,14-15,18-19,21-22H,2-6,9,12-13,16-17H2,1H3,(H,23,24)/b8-7?,14-10+,15-11?/t18-,19-/m1/s1. The summed E-state index contributed by atoms with van der Waals surface area (Å²) >= 11 is 0. The summed E-state index contributed by atoms with van der Waals surface area (Å²) in [5.74, 6) is -0.837. The largest absolute Gasteiger partial charge is 0.481 e. The molecule has 0 heterocycles. The molecule has 0 saturated carbocycles. The minimum atomic E-state index is -0.837. The molecule has 0 rings (SSSR count). The number of unbranched alkanes of at least 4 members (excludes halogenated alkanes) is 5. The Hall–Kier alpha value is -1.39. The fourth-order valence-electron chi connectivity index (χ4n) is 2.30. The highest BCUT2D eigenvalue weighted by Gasteiger charge is 2.01. The normalized spacial score (nSPS) is 14.8. The summed E-state index contributed by atoms with van der Waals surface area (Å²) in [6.07, 6.45) is 18.7. The van der Waals surface area contributed by atoms with Crippen LogP contribution in [0.4, 0.5) is 0 Å². The van der Waals surface area contributed by atoms with Crippen LogP contribution < -0.4 is 0 Å². The quantitative estimate of drug-likeness (QED) is 0.306. The lowest BCUT2D eigenvalue weighted by Crippen LogP contribution is -2.03. The van der Waals surface area contributed by atoms with Crippen LogP contribution in [-0.2, 0) is 4.79 Å². The number of hydrogen-bond donors (Lipinski definition) is 3. The van der Waals surface area contributed by atoms with Crippen molar-refractivity contribution in [2.45, 2.75) is 83.3 Å². The van der Waals surface area contributed by atoms with E-state index in [1.54, 1.807) is 24.3 Å². The second kappa shape index (κ2) is 16.5. The van der Waals surface area contributed by atoms with Gasteiger partial charge >= 0.3 is 5.97 Å². The molecule has 0 bridgehead atoms. The van der Waals surface area contributed by atoms with Crippen LogP contribution in [0, 0.1) is 0 Å². The summed E-state index contributed by atoms with van der Waals surface area (Å²) in [6, 6.07) is 0. The lowest BCUT2D eigenvalue weighted by Gasteiger charge is -2.04. The zero-order chi connectivity index (χ0) is 18.0. The van der Waals surface area contributed by atoms with Crippen LogP contribution in [0.15, 0.2) is 36.5 Å². The number of aliphatic carboxylic acids is 1. The highest BCUT2D eigenvalue weighted by Crippen LogP contribution is 2.09. The zero-order valence-corrected chi connectivity index (χ0v) is 14.9. The average Bonchev–Trinajstić information content (AvgIpc) is 2.53. The molecular formula is C20H34O4. The predicted molar refractivity (Wildman–Crippen MR) is 98.9 cm³/mol. The van der Waals surface area contributed by atoms with E-state index >= 15 is 0 Å². The molecule has 0 radical (unpaired) electrons. The van der Waals surface area contributed by atoms with Gasteiger partial charge in [-0.1, -0.05) is 81.9 Å². The number of aliphatic hydroxyl groups excluding tert-OH is 2. The summed E-state index contributed by atoms with van der Waals surface area (Å²) in [5, 5.41) is 27.9. The van der Waals surface area contributed by atoms with E-state index in [9.17, 15) is 15.0 Å². The van der Waals surface area contributed by atoms with Gasteiger partial charge in [-0.15, -0.1) is 0 Å². The topological polar surface area (TPSA) is 77.8 Å². The van der Waals surface area contributed by atoms with Crippen LogP contribution in [0.5, 0.6) is 0 Å². The molecule has 0 unspecified atom stereocenters. The van der Waals surface area contributed by atoms with E-state index in [1.807, 2.05) is 12.2 Å². The highest BCUT2D eigenvalue weighted by molar-refractivity contribution is 5.66. The molecule has 2 atom stereocenters. The van der Waals surface area contributed by atoms with Crippen LogP contribution in [0.1, 0.15) is 71.1 Å². The van der Waals surface area contributed by atoms with Gasteiger partial charge in [0.2, 0.25) is 0 Å². The zero-order valence-electron chi connectivity index (χ0n) is 14.9. The first-order valence-electron chi connectivity index (χ1n) is 9.15. The molecule has 0 aromatic heterocycles. The van der Waals surface area contributed by atoms with E-state index in [0.29, 0.717) is 12.8 Å². The SMILES string of the molecule is CCCCCCCC[C@@H](O)/C=C/C=CC=C[C@@H](O)CCCC(=O)O. The van der Waals surface area contributed by atoms with Gasteiger partial charge in [-0.25, -0.2) is 0 Å². The van der Waals surface area contributed by atoms with Gasteiger partial charge in [0.1, 0.15) is 0 Å². The van der Waals surface area contributed by atoms with E-state index in [4.69, 9.17) is 5.11 Å². The summed E-state index contributed by atoms with van der Waals surface area (Å²) < 4.78 is 0. The van der Waals surface area contributed by atoms with Crippen LogP contribution in [0.2, 0.25) is 0 Å². The van der Waals surface area contributed by atoms with Crippen LogP contribution in [-0.4, -0.2) is 33.5 Å². The minimum absolute atomic E-state index is 0.0833. The maximum atomic E-state index is 10.4. The first kappa shape index (κ1) is 22.6. The van der Waals surface area contributed by atoms with Crippen LogP contribution in [0.25, 0.3) is 0 Å². The Kier molecular flexibility index (Phi) is 15.5. The molecule has 4 heteroatoms. The van der Waals surface area contributed by atoms with Gasteiger partial charge in [-0.2, -0.15) is 0 Å². The van der Waals surface area contributed by atoms with Gasteiger partial charge in [0.05, 0.1) is 12.2 Å². The number of rotatable bonds is 15. The lowest BCUT2D eigenvalue weighted by atomic mass is 10.1.